The Morgan fingerprint density at radius 3 is 2.72 bits per heavy atom. The molecular weight excluding hydrogens is 412 g/mol. The first kappa shape index (κ1) is 20.7. The molecule has 2 N–H and O–H groups in total. The number of anilines is 1. The molecule has 0 aliphatic heterocycles. The molecule has 10 heteroatoms. The van der Waals surface area contributed by atoms with Crippen LogP contribution in [-0.4, -0.2) is 39.7 Å². The minimum Gasteiger partial charge on any atom is -0.469 e. The van der Waals surface area contributed by atoms with E-state index in [0.717, 1.165) is 22.2 Å². The summed E-state index contributed by atoms with van der Waals surface area (Å²) in [6.07, 6.45) is 0.113. The van der Waals surface area contributed by atoms with Gasteiger partial charge in [-0.15, -0.1) is 11.3 Å². The lowest BCUT2D eigenvalue weighted by molar-refractivity contribution is -0.139. The van der Waals surface area contributed by atoms with Crippen molar-refractivity contribution in [2.45, 2.75) is 18.5 Å². The number of thioether (sulfide) groups is 1. The number of rotatable bonds is 7. The maximum atomic E-state index is 12.2. The summed E-state index contributed by atoms with van der Waals surface area (Å²) in [4.78, 5) is 47.6. The van der Waals surface area contributed by atoms with Crippen molar-refractivity contribution in [1.29, 1.82) is 0 Å². The highest BCUT2D eigenvalue weighted by Crippen LogP contribution is 2.24. The average Bonchev–Trinajstić information content (AvgIpc) is 3.05. The van der Waals surface area contributed by atoms with Crippen LogP contribution in [0.4, 0.5) is 5.13 Å². The van der Waals surface area contributed by atoms with Gasteiger partial charge in [0, 0.05) is 16.5 Å². The zero-order valence-electron chi connectivity index (χ0n) is 15.7. The molecule has 0 saturated carbocycles. The smallest absolute Gasteiger partial charge is 0.310 e. The van der Waals surface area contributed by atoms with Crippen molar-refractivity contribution in [1.82, 2.24) is 15.0 Å². The number of aromatic nitrogens is 3. The van der Waals surface area contributed by atoms with Crippen LogP contribution in [0.3, 0.4) is 0 Å². The van der Waals surface area contributed by atoms with Crippen LogP contribution < -0.4 is 10.9 Å². The molecule has 29 heavy (non-hydrogen) atoms. The normalized spacial score (nSPS) is 10.6. The SMILES string of the molecule is COC(=O)Cc1sc(NC(=O)CSc2nc(-c3ccccc3)cc(=O)[nH]2)nc1C. The van der Waals surface area contributed by atoms with E-state index < -0.39 is 0 Å². The third-order valence-electron chi connectivity index (χ3n) is 3.80. The first-order chi connectivity index (χ1) is 13.9. The van der Waals surface area contributed by atoms with E-state index in [1.807, 2.05) is 30.3 Å². The maximum absolute atomic E-state index is 12.2. The number of esters is 1. The Morgan fingerprint density at radius 2 is 2.00 bits per heavy atom. The minimum atomic E-state index is -0.362. The van der Waals surface area contributed by atoms with E-state index in [2.05, 4.69) is 25.0 Å². The molecule has 0 spiro atoms. The van der Waals surface area contributed by atoms with Crippen molar-refractivity contribution >= 4 is 40.1 Å². The standard InChI is InChI=1S/C19H18N4O4S2/c1-11-14(9-17(26)27-2)29-19(20-11)23-16(25)10-28-18-21-13(8-15(24)22-18)12-6-4-3-5-7-12/h3-8H,9-10H2,1-2H3,(H,20,23,25)(H,21,22,24). The van der Waals surface area contributed by atoms with E-state index in [1.54, 1.807) is 6.92 Å². The number of amides is 1. The summed E-state index contributed by atoms with van der Waals surface area (Å²) < 4.78 is 4.65. The molecule has 0 unspecified atom stereocenters. The van der Waals surface area contributed by atoms with Gasteiger partial charge >= 0.3 is 5.97 Å². The molecule has 0 aliphatic carbocycles. The van der Waals surface area contributed by atoms with Crippen LogP contribution in [0.5, 0.6) is 0 Å². The monoisotopic (exact) mass is 430 g/mol. The number of aromatic amines is 1. The van der Waals surface area contributed by atoms with Gasteiger partial charge in [-0.25, -0.2) is 9.97 Å². The molecule has 0 atom stereocenters. The quantitative estimate of drug-likeness (QED) is 0.336. The predicted octanol–water partition coefficient (Wildman–Crippen LogP) is 2.65. The highest BCUT2D eigenvalue weighted by atomic mass is 32.2. The number of benzene rings is 1. The van der Waals surface area contributed by atoms with Crippen LogP contribution in [0.1, 0.15) is 10.6 Å². The number of aryl methyl sites for hydroxylation is 1. The lowest BCUT2D eigenvalue weighted by atomic mass is 10.1. The number of hydrogen-bond donors (Lipinski definition) is 2. The Hall–Kier alpha value is -2.98. The Bertz CT molecular complexity index is 1080. The van der Waals surface area contributed by atoms with E-state index >= 15 is 0 Å². The third kappa shape index (κ3) is 5.75. The fourth-order valence-electron chi connectivity index (χ4n) is 2.40. The summed E-state index contributed by atoms with van der Waals surface area (Å²) >= 11 is 2.35. The number of ether oxygens (including phenoxy) is 1. The molecular formula is C19H18N4O4S2. The van der Waals surface area contributed by atoms with Crippen LogP contribution in [0.2, 0.25) is 0 Å². The van der Waals surface area contributed by atoms with Crippen molar-refractivity contribution in [2.24, 2.45) is 0 Å². The molecule has 0 saturated heterocycles. The summed E-state index contributed by atoms with van der Waals surface area (Å²) in [5, 5.41) is 3.46. The average molecular weight is 431 g/mol. The molecule has 150 valence electrons. The van der Waals surface area contributed by atoms with Gasteiger partial charge in [0.25, 0.3) is 5.56 Å². The Labute approximate surface area is 174 Å². The lowest BCUT2D eigenvalue weighted by Crippen LogP contribution is -2.15. The summed E-state index contributed by atoms with van der Waals surface area (Å²) in [5.74, 6) is -0.605. The fourth-order valence-corrected chi connectivity index (χ4v) is 4.04. The van der Waals surface area contributed by atoms with Crippen LogP contribution in [0.15, 0.2) is 46.3 Å². The van der Waals surface area contributed by atoms with E-state index in [4.69, 9.17) is 0 Å². The van der Waals surface area contributed by atoms with Gasteiger partial charge in [0.1, 0.15) is 0 Å². The fraction of sp³-hybridized carbons (Fsp3) is 0.211. The van der Waals surface area contributed by atoms with Crippen molar-refractivity contribution in [3.8, 4) is 11.3 Å². The second kappa shape index (κ2) is 9.48. The zero-order chi connectivity index (χ0) is 20.8. The molecule has 0 bridgehead atoms. The number of nitrogens with one attached hydrogen (secondary N) is 2. The van der Waals surface area contributed by atoms with E-state index in [-0.39, 0.29) is 29.6 Å². The molecule has 0 radical (unpaired) electrons. The largest absolute Gasteiger partial charge is 0.469 e. The molecule has 0 aliphatic rings. The van der Waals surface area contributed by atoms with Gasteiger partial charge in [-0.05, 0) is 6.92 Å². The van der Waals surface area contributed by atoms with Gasteiger partial charge in [-0.2, -0.15) is 0 Å². The zero-order valence-corrected chi connectivity index (χ0v) is 17.4. The first-order valence-electron chi connectivity index (χ1n) is 8.57. The van der Waals surface area contributed by atoms with Gasteiger partial charge < -0.3 is 15.0 Å². The first-order valence-corrected chi connectivity index (χ1v) is 10.4. The molecule has 1 amide bonds. The number of carbonyl (C=O) groups is 2. The predicted molar refractivity (Wildman–Crippen MR) is 112 cm³/mol. The van der Waals surface area contributed by atoms with Crippen LogP contribution in [-0.2, 0) is 20.7 Å². The molecule has 2 heterocycles. The number of H-pyrrole nitrogens is 1. The highest BCUT2D eigenvalue weighted by Gasteiger charge is 2.14. The number of hydrogen-bond acceptors (Lipinski definition) is 8. The Balaban J connectivity index is 1.63. The molecule has 1 aromatic carbocycles. The van der Waals surface area contributed by atoms with E-state index in [0.29, 0.717) is 21.7 Å². The number of methoxy groups -OCH3 is 1. The number of thiazole rings is 1. The topological polar surface area (TPSA) is 114 Å². The summed E-state index contributed by atoms with van der Waals surface area (Å²) in [7, 11) is 1.32. The highest BCUT2D eigenvalue weighted by molar-refractivity contribution is 7.99. The van der Waals surface area contributed by atoms with Crippen molar-refractivity contribution in [2.75, 3.05) is 18.2 Å². The molecule has 8 nitrogen and oxygen atoms in total. The second-order valence-corrected chi connectivity index (χ2v) is 7.97. The Morgan fingerprint density at radius 1 is 1.24 bits per heavy atom. The molecule has 0 fully saturated rings. The lowest BCUT2D eigenvalue weighted by Gasteiger charge is -2.04. The Kier molecular flexibility index (Phi) is 6.78. The van der Waals surface area contributed by atoms with E-state index in [1.165, 1.54) is 24.5 Å². The van der Waals surface area contributed by atoms with Crippen molar-refractivity contribution in [3.63, 3.8) is 0 Å². The van der Waals surface area contributed by atoms with Gasteiger partial charge in [0.2, 0.25) is 5.91 Å². The summed E-state index contributed by atoms with van der Waals surface area (Å²) in [5.41, 5.74) is 1.75. The summed E-state index contributed by atoms with van der Waals surface area (Å²) in [6, 6.07) is 10.7. The van der Waals surface area contributed by atoms with Crippen molar-refractivity contribution < 1.29 is 14.3 Å². The maximum Gasteiger partial charge on any atom is 0.310 e. The number of carbonyl (C=O) groups excluding carboxylic acids is 2. The summed E-state index contributed by atoms with van der Waals surface area (Å²) in [6.45, 7) is 1.77. The van der Waals surface area contributed by atoms with Gasteiger partial charge in [-0.1, -0.05) is 42.1 Å². The molecule has 3 rings (SSSR count). The van der Waals surface area contributed by atoms with Crippen LogP contribution in [0, 0.1) is 6.92 Å². The van der Waals surface area contributed by atoms with Gasteiger partial charge in [-0.3, -0.25) is 14.4 Å². The van der Waals surface area contributed by atoms with Gasteiger partial charge in [0.05, 0.1) is 30.7 Å². The molecule has 2 aromatic heterocycles. The second-order valence-electron chi connectivity index (χ2n) is 5.92. The number of nitrogens with zero attached hydrogens (tertiary/aromatic N) is 2. The van der Waals surface area contributed by atoms with E-state index in [9.17, 15) is 14.4 Å². The molecule has 3 aromatic rings. The van der Waals surface area contributed by atoms with Crippen LogP contribution >= 0.6 is 23.1 Å². The van der Waals surface area contributed by atoms with Gasteiger partial charge in [0.15, 0.2) is 10.3 Å². The van der Waals surface area contributed by atoms with Crippen molar-refractivity contribution in [3.05, 3.63) is 57.3 Å². The van der Waals surface area contributed by atoms with Crippen LogP contribution in [0.25, 0.3) is 11.3 Å². The minimum absolute atomic E-state index is 0.0478. The third-order valence-corrected chi connectivity index (χ3v) is 5.75.